The zero-order valence-electron chi connectivity index (χ0n) is 17.6. The number of hydrogen-bond acceptors (Lipinski definition) is 4. The van der Waals surface area contributed by atoms with Crippen LogP contribution in [0.5, 0.6) is 0 Å². The summed E-state index contributed by atoms with van der Waals surface area (Å²) in [6.07, 6.45) is -2.62. The molecule has 0 radical (unpaired) electrons. The minimum Gasteiger partial charge on any atom is -0.478 e. The Hall–Kier alpha value is -3.31. The van der Waals surface area contributed by atoms with Crippen LogP contribution in [0.15, 0.2) is 65.2 Å². The van der Waals surface area contributed by atoms with E-state index in [0.717, 1.165) is 24.4 Å². The minimum atomic E-state index is -4.73. The molecule has 0 bridgehead atoms. The minimum absolute atomic E-state index is 0.0475. The molecule has 1 atom stereocenters. The van der Waals surface area contributed by atoms with E-state index in [-0.39, 0.29) is 21.9 Å². The average Bonchev–Trinajstić information content (AvgIpc) is 2.77. The van der Waals surface area contributed by atoms with Crippen molar-refractivity contribution < 1.29 is 40.3 Å². The van der Waals surface area contributed by atoms with E-state index in [2.05, 4.69) is 4.98 Å². The monoisotopic (exact) mass is 531 g/mol. The molecule has 5 nitrogen and oxygen atoms in total. The van der Waals surface area contributed by atoms with Gasteiger partial charge in [-0.05, 0) is 67.1 Å². The summed E-state index contributed by atoms with van der Waals surface area (Å²) in [6.45, 7) is 1.25. The lowest BCUT2D eigenvalue weighted by atomic mass is 10.0. The fraction of sp³-hybridized carbons (Fsp3) is 0.130. The first-order valence-electron chi connectivity index (χ1n) is 9.65. The lowest BCUT2D eigenvalue weighted by molar-refractivity contribution is -0.137. The topological polar surface area (TPSA) is 84.3 Å². The van der Waals surface area contributed by atoms with E-state index in [1.165, 1.54) is 6.92 Å². The molecule has 0 aliphatic rings. The highest BCUT2D eigenvalue weighted by atomic mass is 35.5. The SMILES string of the molecule is CC(=Cc1cc(C(c2cc(F)ccc2F)S(=O)(=O)c2ccc(C(F)(F)F)cc2)c(Cl)cn1)C(=O)O. The Morgan fingerprint density at radius 3 is 2.26 bits per heavy atom. The van der Waals surface area contributed by atoms with Gasteiger partial charge in [-0.3, -0.25) is 4.98 Å². The van der Waals surface area contributed by atoms with Crippen LogP contribution in [0.4, 0.5) is 22.0 Å². The lowest BCUT2D eigenvalue weighted by Crippen LogP contribution is -2.18. The summed E-state index contributed by atoms with van der Waals surface area (Å²) in [5.41, 5.74) is -2.25. The second-order valence-corrected chi connectivity index (χ2v) is 9.82. The van der Waals surface area contributed by atoms with E-state index in [0.29, 0.717) is 36.4 Å². The van der Waals surface area contributed by atoms with Gasteiger partial charge in [-0.1, -0.05) is 11.6 Å². The van der Waals surface area contributed by atoms with Gasteiger partial charge in [0, 0.05) is 17.3 Å². The van der Waals surface area contributed by atoms with Gasteiger partial charge in [0.1, 0.15) is 16.9 Å². The van der Waals surface area contributed by atoms with Gasteiger partial charge in [-0.25, -0.2) is 22.0 Å². The van der Waals surface area contributed by atoms with Gasteiger partial charge in [-0.15, -0.1) is 0 Å². The van der Waals surface area contributed by atoms with Crippen LogP contribution in [0.3, 0.4) is 0 Å². The van der Waals surface area contributed by atoms with Gasteiger partial charge in [0.05, 0.1) is 21.2 Å². The quantitative estimate of drug-likeness (QED) is 0.308. The molecule has 0 aliphatic carbocycles. The van der Waals surface area contributed by atoms with Gasteiger partial charge in [0.2, 0.25) is 0 Å². The number of pyridine rings is 1. The smallest absolute Gasteiger partial charge is 0.416 e. The van der Waals surface area contributed by atoms with Crippen molar-refractivity contribution in [1.29, 1.82) is 0 Å². The maximum Gasteiger partial charge on any atom is 0.416 e. The first-order valence-corrected chi connectivity index (χ1v) is 11.6. The van der Waals surface area contributed by atoms with Crippen LogP contribution in [0.1, 0.15) is 34.6 Å². The largest absolute Gasteiger partial charge is 0.478 e. The molecule has 0 amide bonds. The van der Waals surface area contributed by atoms with Crippen molar-refractivity contribution in [2.75, 3.05) is 0 Å². The molecule has 35 heavy (non-hydrogen) atoms. The van der Waals surface area contributed by atoms with Crippen LogP contribution >= 0.6 is 11.6 Å². The molecule has 1 aromatic heterocycles. The third kappa shape index (κ3) is 5.68. The lowest BCUT2D eigenvalue weighted by Gasteiger charge is -2.21. The van der Waals surface area contributed by atoms with Crippen molar-refractivity contribution in [3.05, 3.63) is 99.3 Å². The summed E-state index contributed by atoms with van der Waals surface area (Å²) in [7, 11) is -4.72. The molecule has 184 valence electrons. The van der Waals surface area contributed by atoms with E-state index >= 15 is 0 Å². The first-order chi connectivity index (χ1) is 16.2. The molecule has 1 N–H and O–H groups in total. The number of halogens is 6. The average molecular weight is 532 g/mol. The molecule has 0 spiro atoms. The summed E-state index contributed by atoms with van der Waals surface area (Å²) < 4.78 is 94.9. The molecule has 0 fully saturated rings. The Balaban J connectivity index is 2.29. The molecule has 1 unspecified atom stereocenters. The number of carboxylic acid groups (broad SMARTS) is 1. The predicted molar refractivity (Wildman–Crippen MR) is 117 cm³/mol. The third-order valence-corrected chi connectivity index (χ3v) is 7.32. The molecule has 0 saturated heterocycles. The Morgan fingerprint density at radius 2 is 1.69 bits per heavy atom. The fourth-order valence-corrected chi connectivity index (χ4v) is 5.33. The molecule has 2 aromatic carbocycles. The molecule has 1 heterocycles. The van der Waals surface area contributed by atoms with Crippen molar-refractivity contribution in [2.45, 2.75) is 23.2 Å². The van der Waals surface area contributed by atoms with Crippen molar-refractivity contribution >= 4 is 33.5 Å². The highest BCUT2D eigenvalue weighted by Gasteiger charge is 2.36. The molecule has 3 rings (SSSR count). The predicted octanol–water partition coefficient (Wildman–Crippen LogP) is 6.08. The summed E-state index contributed by atoms with van der Waals surface area (Å²) >= 11 is 6.18. The summed E-state index contributed by atoms with van der Waals surface area (Å²) in [6, 6.07) is 5.68. The van der Waals surface area contributed by atoms with Gasteiger partial charge < -0.3 is 5.11 Å². The standard InChI is InChI=1S/C23H15ClF5NO4S/c1-12(22(31)32)8-15-10-17(19(24)11-30-15)21(18-9-14(25)4-7-20(18)26)35(33,34)16-5-2-13(3-6-16)23(27,28)29/h2-11,21H,1H3,(H,31,32). The maximum absolute atomic E-state index is 14.8. The number of aliphatic carboxylic acids is 1. The molecule has 3 aromatic rings. The number of rotatable bonds is 6. The Labute approximate surface area is 201 Å². The number of alkyl halides is 3. The Morgan fingerprint density at radius 1 is 1.06 bits per heavy atom. The molecular formula is C23H15ClF5NO4S. The van der Waals surface area contributed by atoms with Gasteiger partial charge in [-0.2, -0.15) is 13.2 Å². The molecule has 12 heteroatoms. The summed E-state index contributed by atoms with van der Waals surface area (Å²) in [5, 5.41) is 6.81. The number of sulfone groups is 1. The normalized spacial score (nSPS) is 13.5. The number of carboxylic acids is 1. The molecular weight excluding hydrogens is 517 g/mol. The van der Waals surface area contributed by atoms with E-state index in [1.54, 1.807) is 0 Å². The number of carbonyl (C=O) groups is 1. The van der Waals surface area contributed by atoms with Crippen LogP contribution in [-0.4, -0.2) is 24.5 Å². The summed E-state index contributed by atoms with van der Waals surface area (Å²) in [4.78, 5) is 14.5. The van der Waals surface area contributed by atoms with Crippen LogP contribution in [0.25, 0.3) is 6.08 Å². The van der Waals surface area contributed by atoms with Crippen LogP contribution < -0.4 is 0 Å². The van der Waals surface area contributed by atoms with Crippen molar-refractivity contribution in [1.82, 2.24) is 4.98 Å². The fourth-order valence-electron chi connectivity index (χ4n) is 3.22. The van der Waals surface area contributed by atoms with Crippen LogP contribution in [0.2, 0.25) is 5.02 Å². The molecule has 0 aliphatic heterocycles. The number of benzene rings is 2. The van der Waals surface area contributed by atoms with E-state index < -0.39 is 54.9 Å². The van der Waals surface area contributed by atoms with Gasteiger partial charge >= 0.3 is 12.1 Å². The Kier molecular flexibility index (Phi) is 7.32. The second-order valence-electron chi connectivity index (χ2n) is 7.38. The third-order valence-electron chi connectivity index (χ3n) is 4.95. The highest BCUT2D eigenvalue weighted by molar-refractivity contribution is 7.92. The van der Waals surface area contributed by atoms with E-state index in [4.69, 9.17) is 16.7 Å². The number of hydrogen-bond donors (Lipinski definition) is 1. The van der Waals surface area contributed by atoms with Gasteiger partial charge in [0.25, 0.3) is 0 Å². The van der Waals surface area contributed by atoms with E-state index in [9.17, 15) is 35.2 Å². The van der Waals surface area contributed by atoms with Gasteiger partial charge in [0.15, 0.2) is 9.84 Å². The zero-order valence-corrected chi connectivity index (χ0v) is 19.2. The second kappa shape index (κ2) is 9.74. The zero-order chi connectivity index (χ0) is 26.1. The number of aromatic nitrogens is 1. The van der Waals surface area contributed by atoms with Crippen LogP contribution in [-0.2, 0) is 20.8 Å². The molecule has 0 saturated carbocycles. The number of nitrogens with zero attached hydrogens (tertiary/aromatic N) is 1. The van der Waals surface area contributed by atoms with Crippen molar-refractivity contribution in [3.8, 4) is 0 Å². The first kappa shape index (κ1) is 26.3. The maximum atomic E-state index is 14.8. The van der Waals surface area contributed by atoms with Crippen LogP contribution in [0, 0.1) is 11.6 Å². The van der Waals surface area contributed by atoms with Crippen molar-refractivity contribution in [3.63, 3.8) is 0 Å². The summed E-state index contributed by atoms with van der Waals surface area (Å²) in [5.74, 6) is -3.37. The van der Waals surface area contributed by atoms with Crippen molar-refractivity contribution in [2.24, 2.45) is 0 Å². The van der Waals surface area contributed by atoms with E-state index in [1.807, 2.05) is 0 Å². The Bertz CT molecular complexity index is 1420. The highest BCUT2D eigenvalue weighted by Crippen LogP contribution is 2.40.